The highest BCUT2D eigenvalue weighted by molar-refractivity contribution is 5.79. The Labute approximate surface area is 102 Å². The summed E-state index contributed by atoms with van der Waals surface area (Å²) in [6.45, 7) is 4.23. The molecule has 2 heteroatoms. The Morgan fingerprint density at radius 3 is 2.71 bits per heavy atom. The van der Waals surface area contributed by atoms with Crippen LogP contribution in [0.25, 0.3) is 10.9 Å². The van der Waals surface area contributed by atoms with Crippen LogP contribution < -0.4 is 5.43 Å². The molecular formula is C15H19NO. The Bertz CT molecular complexity index is 569. The summed E-state index contributed by atoms with van der Waals surface area (Å²) >= 11 is 0. The second kappa shape index (κ2) is 5.17. The number of hydrogen-bond donors (Lipinski definition) is 1. The van der Waals surface area contributed by atoms with Crippen molar-refractivity contribution in [1.82, 2.24) is 4.98 Å². The van der Waals surface area contributed by atoms with Gasteiger partial charge in [0.2, 0.25) is 0 Å². The SMILES string of the molecule is CCCCc1ccc2[nH]c(CC)cc(=O)c2c1. The van der Waals surface area contributed by atoms with Gasteiger partial charge in [0.1, 0.15) is 0 Å². The molecule has 0 unspecified atom stereocenters. The molecule has 0 aliphatic carbocycles. The largest absolute Gasteiger partial charge is 0.358 e. The Kier molecular flexibility index (Phi) is 3.62. The van der Waals surface area contributed by atoms with Crippen molar-refractivity contribution in [2.24, 2.45) is 0 Å². The lowest BCUT2D eigenvalue weighted by Gasteiger charge is -2.05. The number of aromatic nitrogens is 1. The maximum atomic E-state index is 12.0. The first-order valence-corrected chi connectivity index (χ1v) is 6.39. The lowest BCUT2D eigenvalue weighted by molar-refractivity contribution is 0.796. The average molecular weight is 229 g/mol. The molecule has 0 atom stereocenters. The number of rotatable bonds is 4. The third kappa shape index (κ3) is 2.57. The highest BCUT2D eigenvalue weighted by atomic mass is 16.1. The molecule has 0 bridgehead atoms. The van der Waals surface area contributed by atoms with Gasteiger partial charge in [0.05, 0.1) is 0 Å². The highest BCUT2D eigenvalue weighted by Gasteiger charge is 2.02. The molecule has 2 nitrogen and oxygen atoms in total. The second-order valence-corrected chi connectivity index (χ2v) is 4.50. The molecule has 1 aromatic carbocycles. The third-order valence-electron chi connectivity index (χ3n) is 3.15. The predicted molar refractivity (Wildman–Crippen MR) is 72.6 cm³/mol. The molecule has 2 rings (SSSR count). The van der Waals surface area contributed by atoms with Crippen molar-refractivity contribution in [2.75, 3.05) is 0 Å². The van der Waals surface area contributed by atoms with E-state index in [1.54, 1.807) is 6.07 Å². The van der Waals surface area contributed by atoms with Crippen LogP contribution in [0, 0.1) is 0 Å². The summed E-state index contributed by atoms with van der Waals surface area (Å²) in [6.07, 6.45) is 4.28. The molecule has 0 saturated heterocycles. The number of aromatic amines is 1. The van der Waals surface area contributed by atoms with Crippen LogP contribution in [0.1, 0.15) is 37.9 Å². The summed E-state index contributed by atoms with van der Waals surface area (Å²) in [4.78, 5) is 15.3. The first-order chi connectivity index (χ1) is 8.24. The zero-order valence-corrected chi connectivity index (χ0v) is 10.5. The Morgan fingerprint density at radius 1 is 1.18 bits per heavy atom. The van der Waals surface area contributed by atoms with Crippen molar-refractivity contribution in [2.45, 2.75) is 39.5 Å². The molecule has 0 aliphatic heterocycles. The molecular weight excluding hydrogens is 210 g/mol. The number of benzene rings is 1. The molecule has 1 N–H and O–H groups in total. The summed E-state index contributed by atoms with van der Waals surface area (Å²) in [7, 11) is 0. The van der Waals surface area contributed by atoms with Gasteiger partial charge in [-0.05, 0) is 37.0 Å². The smallest absolute Gasteiger partial charge is 0.189 e. The van der Waals surface area contributed by atoms with Crippen LogP contribution in [0.4, 0.5) is 0 Å². The van der Waals surface area contributed by atoms with E-state index in [9.17, 15) is 4.79 Å². The van der Waals surface area contributed by atoms with Gasteiger partial charge in [-0.1, -0.05) is 26.3 Å². The van der Waals surface area contributed by atoms with Gasteiger partial charge in [-0.15, -0.1) is 0 Å². The molecule has 1 aromatic heterocycles. The van der Waals surface area contributed by atoms with E-state index >= 15 is 0 Å². The fourth-order valence-corrected chi connectivity index (χ4v) is 2.08. The first kappa shape index (κ1) is 11.9. The zero-order valence-electron chi connectivity index (χ0n) is 10.5. The molecule has 0 radical (unpaired) electrons. The predicted octanol–water partition coefficient (Wildman–Crippen LogP) is 3.43. The van der Waals surface area contributed by atoms with Gasteiger partial charge < -0.3 is 4.98 Å². The molecule has 2 aromatic rings. The van der Waals surface area contributed by atoms with Crippen LogP contribution in [-0.2, 0) is 12.8 Å². The fraction of sp³-hybridized carbons (Fsp3) is 0.400. The number of fused-ring (bicyclic) bond motifs is 1. The standard InChI is InChI=1S/C15H19NO/c1-3-5-6-11-7-8-14-13(9-11)15(17)10-12(4-2)16-14/h7-10H,3-6H2,1-2H3,(H,16,17). The van der Waals surface area contributed by atoms with Crippen molar-refractivity contribution >= 4 is 10.9 Å². The molecule has 90 valence electrons. The maximum absolute atomic E-state index is 12.0. The minimum Gasteiger partial charge on any atom is -0.358 e. The molecule has 1 heterocycles. The van der Waals surface area contributed by atoms with Crippen LogP contribution in [0.5, 0.6) is 0 Å². The lowest BCUT2D eigenvalue weighted by Crippen LogP contribution is -2.05. The van der Waals surface area contributed by atoms with Gasteiger partial charge >= 0.3 is 0 Å². The van der Waals surface area contributed by atoms with E-state index < -0.39 is 0 Å². The maximum Gasteiger partial charge on any atom is 0.189 e. The van der Waals surface area contributed by atoms with Crippen LogP contribution in [0.3, 0.4) is 0 Å². The number of hydrogen-bond acceptors (Lipinski definition) is 1. The van der Waals surface area contributed by atoms with E-state index in [1.165, 1.54) is 18.4 Å². The van der Waals surface area contributed by atoms with Crippen LogP contribution >= 0.6 is 0 Å². The molecule has 0 saturated carbocycles. The van der Waals surface area contributed by atoms with Crippen LogP contribution in [0.15, 0.2) is 29.1 Å². The average Bonchev–Trinajstić information content (AvgIpc) is 2.36. The van der Waals surface area contributed by atoms with Gasteiger partial charge in [0.15, 0.2) is 5.43 Å². The monoisotopic (exact) mass is 229 g/mol. The third-order valence-corrected chi connectivity index (χ3v) is 3.15. The van der Waals surface area contributed by atoms with E-state index in [4.69, 9.17) is 0 Å². The van der Waals surface area contributed by atoms with Crippen molar-refractivity contribution < 1.29 is 0 Å². The molecule has 0 aliphatic rings. The van der Waals surface area contributed by atoms with Crippen LogP contribution in [0.2, 0.25) is 0 Å². The fourth-order valence-electron chi connectivity index (χ4n) is 2.08. The zero-order chi connectivity index (χ0) is 12.3. The number of nitrogens with one attached hydrogen (secondary N) is 1. The highest BCUT2D eigenvalue weighted by Crippen LogP contribution is 2.13. The van der Waals surface area contributed by atoms with Gasteiger partial charge in [-0.3, -0.25) is 4.79 Å². The van der Waals surface area contributed by atoms with E-state index in [0.29, 0.717) is 0 Å². The minimum atomic E-state index is 0.133. The van der Waals surface area contributed by atoms with Crippen molar-refractivity contribution in [1.29, 1.82) is 0 Å². The summed E-state index contributed by atoms with van der Waals surface area (Å²) in [6, 6.07) is 7.89. The Balaban J connectivity index is 2.47. The minimum absolute atomic E-state index is 0.133. The number of H-pyrrole nitrogens is 1. The molecule has 0 spiro atoms. The van der Waals surface area contributed by atoms with Crippen LogP contribution in [-0.4, -0.2) is 4.98 Å². The number of pyridine rings is 1. The van der Waals surface area contributed by atoms with Crippen molar-refractivity contribution in [3.8, 4) is 0 Å². The second-order valence-electron chi connectivity index (χ2n) is 4.50. The molecule has 0 amide bonds. The van der Waals surface area contributed by atoms with Gasteiger partial charge in [0.25, 0.3) is 0 Å². The topological polar surface area (TPSA) is 32.9 Å². The summed E-state index contributed by atoms with van der Waals surface area (Å²) in [5, 5.41) is 0.816. The molecule has 0 fully saturated rings. The number of unbranched alkanes of at least 4 members (excludes halogenated alkanes) is 1. The molecule has 17 heavy (non-hydrogen) atoms. The Hall–Kier alpha value is -1.57. The van der Waals surface area contributed by atoms with Crippen molar-refractivity contribution in [3.05, 3.63) is 45.7 Å². The van der Waals surface area contributed by atoms with E-state index in [0.717, 1.165) is 29.4 Å². The van der Waals surface area contributed by atoms with Gasteiger partial charge in [-0.2, -0.15) is 0 Å². The number of aryl methyl sites for hydroxylation is 2. The Morgan fingerprint density at radius 2 is 2.00 bits per heavy atom. The first-order valence-electron chi connectivity index (χ1n) is 6.39. The van der Waals surface area contributed by atoms with Crippen molar-refractivity contribution in [3.63, 3.8) is 0 Å². The van der Waals surface area contributed by atoms with Gasteiger partial charge in [-0.25, -0.2) is 0 Å². The normalized spacial score (nSPS) is 10.9. The lowest BCUT2D eigenvalue weighted by atomic mass is 10.0. The summed E-state index contributed by atoms with van der Waals surface area (Å²) < 4.78 is 0. The summed E-state index contributed by atoms with van der Waals surface area (Å²) in [5.41, 5.74) is 3.35. The summed E-state index contributed by atoms with van der Waals surface area (Å²) in [5.74, 6) is 0. The van der Waals surface area contributed by atoms with E-state index in [2.05, 4.69) is 18.0 Å². The van der Waals surface area contributed by atoms with Gasteiger partial charge in [0, 0.05) is 22.7 Å². The van der Waals surface area contributed by atoms with E-state index in [1.807, 2.05) is 19.1 Å². The van der Waals surface area contributed by atoms with E-state index in [-0.39, 0.29) is 5.43 Å². The quantitative estimate of drug-likeness (QED) is 0.856.